The zero-order valence-corrected chi connectivity index (χ0v) is 20.3. The van der Waals surface area contributed by atoms with E-state index in [-0.39, 0.29) is 0 Å². The van der Waals surface area contributed by atoms with Crippen molar-refractivity contribution in [1.29, 1.82) is 0 Å². The Morgan fingerprint density at radius 2 is 1.58 bits per heavy atom. The minimum absolute atomic E-state index is 0.329. The molecule has 0 saturated carbocycles. The molecule has 178 valence electrons. The molecule has 0 radical (unpaired) electrons. The molecule has 0 aliphatic carbocycles. The minimum Gasteiger partial charge on any atom is -0.303 e. The molecule has 2 aromatic carbocycles. The molecule has 33 heavy (non-hydrogen) atoms. The third kappa shape index (κ3) is 5.68. The van der Waals surface area contributed by atoms with Crippen molar-refractivity contribution in [3.63, 3.8) is 0 Å². The molecule has 2 aromatic rings. The number of nitrogens with zero attached hydrogens (tertiary/aromatic N) is 2. The van der Waals surface area contributed by atoms with Gasteiger partial charge in [-0.05, 0) is 87.2 Å². The van der Waals surface area contributed by atoms with Gasteiger partial charge in [0.1, 0.15) is 0 Å². The summed E-state index contributed by atoms with van der Waals surface area (Å²) in [6.07, 6.45) is 6.21. The Kier molecular flexibility index (Phi) is 7.16. The molecule has 4 aliphatic rings. The lowest BCUT2D eigenvalue weighted by molar-refractivity contribution is -0.0139. The van der Waals surface area contributed by atoms with Crippen LogP contribution in [0.3, 0.4) is 0 Å². The predicted octanol–water partition coefficient (Wildman–Crippen LogP) is 3.63. The van der Waals surface area contributed by atoms with E-state index in [0.717, 1.165) is 37.3 Å². The highest BCUT2D eigenvalue weighted by molar-refractivity contribution is 7.89. The van der Waals surface area contributed by atoms with Crippen LogP contribution in [-0.4, -0.2) is 63.5 Å². The zero-order valence-electron chi connectivity index (χ0n) is 19.5. The number of fused-ring (bicyclic) bond motifs is 3. The van der Waals surface area contributed by atoms with Gasteiger partial charge in [-0.1, -0.05) is 48.5 Å². The highest BCUT2D eigenvalue weighted by Crippen LogP contribution is 2.37. The van der Waals surface area contributed by atoms with Crippen molar-refractivity contribution in [2.45, 2.75) is 43.0 Å². The average Bonchev–Trinajstić information content (AvgIpc) is 2.86. The summed E-state index contributed by atoms with van der Waals surface area (Å²) in [4.78, 5) is 5.59. The Morgan fingerprint density at radius 3 is 2.24 bits per heavy atom. The molecule has 4 unspecified atom stereocenters. The lowest BCUT2D eigenvalue weighted by Crippen LogP contribution is -2.58. The summed E-state index contributed by atoms with van der Waals surface area (Å²) in [6, 6.07) is 20.0. The van der Waals surface area contributed by atoms with Crippen LogP contribution in [0.5, 0.6) is 0 Å². The molecular weight excluding hydrogens is 430 g/mol. The fourth-order valence-electron chi connectivity index (χ4n) is 6.21. The summed E-state index contributed by atoms with van der Waals surface area (Å²) in [6.45, 7) is 6.40. The lowest BCUT2D eigenvalue weighted by atomic mass is 9.75. The molecule has 4 heterocycles. The van der Waals surface area contributed by atoms with E-state index in [4.69, 9.17) is 0 Å². The van der Waals surface area contributed by atoms with Crippen molar-refractivity contribution in [2.75, 3.05) is 39.3 Å². The van der Waals surface area contributed by atoms with Crippen LogP contribution in [0.25, 0.3) is 0 Å². The quantitative estimate of drug-likeness (QED) is 0.644. The van der Waals surface area contributed by atoms with E-state index in [1.807, 2.05) is 6.07 Å². The second kappa shape index (κ2) is 10.3. The average molecular weight is 468 g/mol. The first-order chi connectivity index (χ1) is 16.1. The SMILES string of the molecule is O=S(=O)(NCC1CC2CCN1CC2CN1CCC(Cc2ccccc2)CC1)c1ccccc1. The third-order valence-corrected chi connectivity index (χ3v) is 9.58. The van der Waals surface area contributed by atoms with E-state index in [1.54, 1.807) is 24.3 Å². The predicted molar refractivity (Wildman–Crippen MR) is 133 cm³/mol. The number of rotatable bonds is 8. The fraction of sp³-hybridized carbons (Fsp3) is 0.556. The van der Waals surface area contributed by atoms with Crippen LogP contribution in [0.2, 0.25) is 0 Å². The van der Waals surface area contributed by atoms with Gasteiger partial charge in [0.15, 0.2) is 0 Å². The molecule has 2 bridgehead atoms. The van der Waals surface area contributed by atoms with Crippen molar-refractivity contribution in [3.05, 3.63) is 66.2 Å². The van der Waals surface area contributed by atoms with Crippen LogP contribution < -0.4 is 4.72 Å². The Morgan fingerprint density at radius 1 is 0.879 bits per heavy atom. The Bertz CT molecular complexity index is 991. The number of likely N-dealkylation sites (tertiary alicyclic amines) is 1. The Labute approximate surface area is 199 Å². The summed E-state index contributed by atoms with van der Waals surface area (Å²) in [5, 5.41) is 0. The number of hydrogen-bond donors (Lipinski definition) is 1. The molecule has 4 fully saturated rings. The number of benzene rings is 2. The molecule has 0 aromatic heterocycles. The third-order valence-electron chi connectivity index (χ3n) is 8.14. The number of hydrogen-bond acceptors (Lipinski definition) is 4. The molecule has 4 aliphatic heterocycles. The summed E-state index contributed by atoms with van der Waals surface area (Å²) in [5.74, 6) is 2.27. The first kappa shape index (κ1) is 23.0. The first-order valence-electron chi connectivity index (χ1n) is 12.6. The second-order valence-corrected chi connectivity index (χ2v) is 12.1. The van der Waals surface area contributed by atoms with Crippen molar-refractivity contribution in [1.82, 2.24) is 14.5 Å². The van der Waals surface area contributed by atoms with Crippen molar-refractivity contribution < 1.29 is 8.42 Å². The fourth-order valence-corrected chi connectivity index (χ4v) is 7.30. The van der Waals surface area contributed by atoms with Gasteiger partial charge >= 0.3 is 0 Å². The van der Waals surface area contributed by atoms with E-state index < -0.39 is 10.0 Å². The van der Waals surface area contributed by atoms with E-state index in [1.165, 1.54) is 50.9 Å². The van der Waals surface area contributed by atoms with Gasteiger partial charge in [0, 0.05) is 25.7 Å². The van der Waals surface area contributed by atoms with Crippen LogP contribution in [0.1, 0.15) is 31.2 Å². The zero-order chi connectivity index (χ0) is 22.7. The van der Waals surface area contributed by atoms with Gasteiger partial charge < -0.3 is 4.90 Å². The van der Waals surface area contributed by atoms with Crippen LogP contribution in [0.4, 0.5) is 0 Å². The van der Waals surface area contributed by atoms with E-state index in [2.05, 4.69) is 44.9 Å². The van der Waals surface area contributed by atoms with Gasteiger partial charge in [0.05, 0.1) is 4.90 Å². The number of piperidine rings is 4. The maximum Gasteiger partial charge on any atom is 0.240 e. The highest BCUT2D eigenvalue weighted by atomic mass is 32.2. The number of sulfonamides is 1. The Hall–Kier alpha value is -1.73. The van der Waals surface area contributed by atoms with Crippen LogP contribution in [0, 0.1) is 17.8 Å². The van der Waals surface area contributed by atoms with Gasteiger partial charge in [-0.3, -0.25) is 4.90 Å². The van der Waals surface area contributed by atoms with Crippen molar-refractivity contribution in [3.8, 4) is 0 Å². The van der Waals surface area contributed by atoms with Gasteiger partial charge in [-0.2, -0.15) is 0 Å². The van der Waals surface area contributed by atoms with Gasteiger partial charge in [0.25, 0.3) is 0 Å². The number of nitrogens with one attached hydrogen (secondary N) is 1. The maximum absolute atomic E-state index is 12.6. The largest absolute Gasteiger partial charge is 0.303 e. The van der Waals surface area contributed by atoms with Crippen LogP contribution in [0.15, 0.2) is 65.6 Å². The molecule has 5 nitrogen and oxygen atoms in total. The van der Waals surface area contributed by atoms with Crippen LogP contribution >= 0.6 is 0 Å². The van der Waals surface area contributed by atoms with Gasteiger partial charge in [-0.15, -0.1) is 0 Å². The van der Waals surface area contributed by atoms with Gasteiger partial charge in [-0.25, -0.2) is 13.1 Å². The van der Waals surface area contributed by atoms with E-state index in [0.29, 0.717) is 17.5 Å². The van der Waals surface area contributed by atoms with Gasteiger partial charge in [0.2, 0.25) is 10.0 Å². The lowest BCUT2D eigenvalue weighted by Gasteiger charge is -2.51. The Balaban J connectivity index is 1.08. The topological polar surface area (TPSA) is 52.7 Å². The molecule has 0 spiro atoms. The summed E-state index contributed by atoms with van der Waals surface area (Å²) < 4.78 is 28.1. The van der Waals surface area contributed by atoms with E-state index in [9.17, 15) is 8.42 Å². The second-order valence-electron chi connectivity index (χ2n) is 10.3. The van der Waals surface area contributed by atoms with Crippen LogP contribution in [-0.2, 0) is 16.4 Å². The molecule has 6 rings (SSSR count). The maximum atomic E-state index is 12.6. The molecular formula is C27H37N3O2S. The summed E-state index contributed by atoms with van der Waals surface area (Å²) in [7, 11) is -3.43. The molecule has 4 atom stereocenters. The van der Waals surface area contributed by atoms with Crippen molar-refractivity contribution in [2.24, 2.45) is 17.8 Å². The monoisotopic (exact) mass is 467 g/mol. The summed E-state index contributed by atoms with van der Waals surface area (Å²) >= 11 is 0. The van der Waals surface area contributed by atoms with E-state index >= 15 is 0 Å². The molecule has 1 N–H and O–H groups in total. The first-order valence-corrected chi connectivity index (χ1v) is 14.1. The minimum atomic E-state index is -3.43. The molecule has 6 heteroatoms. The van der Waals surface area contributed by atoms with Crippen molar-refractivity contribution >= 4 is 10.0 Å². The smallest absolute Gasteiger partial charge is 0.240 e. The summed E-state index contributed by atoms with van der Waals surface area (Å²) in [5.41, 5.74) is 1.47. The molecule has 0 amide bonds. The normalized spacial score (nSPS) is 28.7. The molecule has 4 saturated heterocycles. The standard InChI is InChI=1S/C27H37N3O2S/c31-33(32,27-9-5-2-6-10-27)28-19-26-18-24-13-16-30(26)21-25(24)20-29-14-11-23(12-15-29)17-22-7-3-1-4-8-22/h1-10,23-26,28H,11-21H2. The highest BCUT2D eigenvalue weighted by Gasteiger charge is 2.41.